The number of carbonyl (C=O) groups is 1. The minimum atomic E-state index is -5.80. The molecule has 256 valence electrons. The molecule has 0 aromatic rings. The Balaban J connectivity index is 0.000000249. The van der Waals surface area contributed by atoms with Gasteiger partial charge in [0, 0.05) is 5.57 Å². The molecule has 44 heavy (non-hydrogen) atoms. The third-order valence-electron chi connectivity index (χ3n) is 10.0. The fourth-order valence-corrected chi connectivity index (χ4v) is 7.48. The van der Waals surface area contributed by atoms with Crippen molar-refractivity contribution in [3.8, 4) is 0 Å². The maximum atomic E-state index is 12.9. The Labute approximate surface area is 244 Å². The molecule has 0 spiro atoms. The number of alkyl halides is 12. The van der Waals surface area contributed by atoms with E-state index in [0.717, 1.165) is 0 Å². The van der Waals surface area contributed by atoms with Crippen LogP contribution in [0.5, 0.6) is 0 Å². The van der Waals surface area contributed by atoms with Gasteiger partial charge in [-0.25, -0.2) is 4.79 Å². The maximum Gasteiger partial charge on any atom is 0.426 e. The highest BCUT2D eigenvalue weighted by molar-refractivity contribution is 5.87. The maximum absolute atomic E-state index is 12.9. The van der Waals surface area contributed by atoms with Crippen LogP contribution in [0.2, 0.25) is 0 Å². The van der Waals surface area contributed by atoms with Crippen molar-refractivity contribution in [1.29, 1.82) is 0 Å². The quantitative estimate of drug-likeness (QED) is 0.165. The van der Waals surface area contributed by atoms with Crippen LogP contribution < -0.4 is 0 Å². The van der Waals surface area contributed by atoms with Crippen LogP contribution in [-0.4, -0.2) is 68.9 Å². The van der Waals surface area contributed by atoms with Crippen LogP contribution in [0.1, 0.15) is 65.2 Å². The molecule has 4 aliphatic carbocycles. The van der Waals surface area contributed by atoms with E-state index in [2.05, 4.69) is 6.58 Å². The largest absolute Gasteiger partial charge is 0.456 e. The molecule has 0 aromatic carbocycles. The second-order valence-corrected chi connectivity index (χ2v) is 13.0. The lowest BCUT2D eigenvalue weighted by molar-refractivity contribution is -0.374. The number of fused-ring (bicyclic) bond motifs is 4. The average molecular weight is 667 g/mol. The molecule has 3 N–H and O–H groups in total. The van der Waals surface area contributed by atoms with E-state index < -0.39 is 84.2 Å². The third-order valence-corrected chi connectivity index (χ3v) is 10.0. The van der Waals surface area contributed by atoms with Crippen molar-refractivity contribution in [3.05, 3.63) is 12.2 Å². The van der Waals surface area contributed by atoms with Crippen LogP contribution in [0.3, 0.4) is 0 Å². The smallest absolute Gasteiger partial charge is 0.426 e. The van der Waals surface area contributed by atoms with Gasteiger partial charge < -0.3 is 20.1 Å². The second-order valence-electron chi connectivity index (χ2n) is 13.0. The van der Waals surface area contributed by atoms with Crippen molar-refractivity contribution in [2.75, 3.05) is 0 Å². The summed E-state index contributed by atoms with van der Waals surface area (Å²) >= 11 is 0. The van der Waals surface area contributed by atoms with Gasteiger partial charge in [0.2, 0.25) is 0 Å². The minimum Gasteiger partial charge on any atom is -0.456 e. The molecule has 4 aliphatic rings. The van der Waals surface area contributed by atoms with Crippen molar-refractivity contribution in [1.82, 2.24) is 0 Å². The minimum absolute atomic E-state index is 0.0408. The Morgan fingerprint density at radius 2 is 1.16 bits per heavy atom. The number of aliphatic hydroxyl groups is 3. The first-order valence-corrected chi connectivity index (χ1v) is 13.8. The summed E-state index contributed by atoms with van der Waals surface area (Å²) in [6.07, 6.45) is -25.2. The molecule has 0 radical (unpaired) electrons. The zero-order valence-corrected chi connectivity index (χ0v) is 23.6. The van der Waals surface area contributed by atoms with E-state index in [4.69, 9.17) is 9.84 Å². The highest BCUT2D eigenvalue weighted by Crippen LogP contribution is 2.60. The lowest BCUT2D eigenvalue weighted by Gasteiger charge is -2.40. The van der Waals surface area contributed by atoms with Gasteiger partial charge in [-0.1, -0.05) is 6.58 Å². The van der Waals surface area contributed by atoms with Crippen LogP contribution in [0, 0.1) is 35.5 Å². The number of hydrogen-bond acceptors (Lipinski definition) is 5. The number of hydrogen-bond donors (Lipinski definition) is 3. The lowest BCUT2D eigenvalue weighted by Crippen LogP contribution is -2.58. The number of esters is 1. The van der Waals surface area contributed by atoms with E-state index in [0.29, 0.717) is 12.8 Å². The average Bonchev–Trinajstić information content (AvgIpc) is 3.56. The van der Waals surface area contributed by atoms with Crippen molar-refractivity contribution in [2.24, 2.45) is 35.5 Å². The molecule has 0 aromatic heterocycles. The molecule has 4 fully saturated rings. The van der Waals surface area contributed by atoms with Gasteiger partial charge in [-0.05, 0) is 101 Å². The van der Waals surface area contributed by atoms with Gasteiger partial charge in [0.05, 0.1) is 6.10 Å². The van der Waals surface area contributed by atoms with E-state index in [1.54, 1.807) is 6.92 Å². The summed E-state index contributed by atoms with van der Waals surface area (Å²) in [5.41, 5.74) is -10.1. The lowest BCUT2D eigenvalue weighted by atomic mass is 9.75. The Bertz CT molecular complexity index is 1050. The van der Waals surface area contributed by atoms with E-state index >= 15 is 0 Å². The Morgan fingerprint density at radius 1 is 0.727 bits per heavy atom. The molecular weight excluding hydrogens is 632 g/mol. The molecule has 0 heterocycles. The number of aliphatic hydroxyl groups excluding tert-OH is 1. The van der Waals surface area contributed by atoms with Crippen LogP contribution in [0.4, 0.5) is 52.7 Å². The number of rotatable bonds is 6. The van der Waals surface area contributed by atoms with Crippen LogP contribution in [0.25, 0.3) is 0 Å². The van der Waals surface area contributed by atoms with E-state index in [1.807, 2.05) is 0 Å². The first kappa shape index (κ1) is 36.7. The standard InChI is InChI=1S/C16H20F6O3.C11H14F6O2/c1-8(2)12(23)25-13(3)6-9-4-11(13)5-10(9)7-14(24,15(17,18)19)16(20,21)22;12-10(13,14)9(19,11(15,16)17)4-7-2-6-1-5(7)3-8(6)18/h9-11,24H,1,4-7H2,2-3H3;5-8,18-19H,1-4H2. The summed E-state index contributed by atoms with van der Waals surface area (Å²) in [6.45, 7) is 6.54. The van der Waals surface area contributed by atoms with Crippen molar-refractivity contribution in [3.63, 3.8) is 0 Å². The van der Waals surface area contributed by atoms with E-state index in [1.165, 1.54) is 6.92 Å². The molecule has 0 saturated heterocycles. The fourth-order valence-electron chi connectivity index (χ4n) is 7.48. The first-order chi connectivity index (χ1) is 19.6. The molecule has 5 nitrogen and oxygen atoms in total. The summed E-state index contributed by atoms with van der Waals surface area (Å²) in [4.78, 5) is 11.7. The molecule has 8 atom stereocenters. The Hall–Kier alpha value is -1.75. The van der Waals surface area contributed by atoms with Crippen molar-refractivity contribution < 1.29 is 77.5 Å². The van der Waals surface area contributed by atoms with Crippen LogP contribution in [0.15, 0.2) is 12.2 Å². The van der Waals surface area contributed by atoms with Gasteiger partial charge in [0.25, 0.3) is 11.2 Å². The molecule has 0 amide bonds. The van der Waals surface area contributed by atoms with Crippen LogP contribution in [-0.2, 0) is 9.53 Å². The Kier molecular flexibility index (Phi) is 9.59. The monoisotopic (exact) mass is 666 g/mol. The van der Waals surface area contributed by atoms with Gasteiger partial charge in [-0.2, -0.15) is 52.7 Å². The zero-order chi connectivity index (χ0) is 34.1. The number of halogens is 12. The zero-order valence-electron chi connectivity index (χ0n) is 23.6. The number of ether oxygens (including phenoxy) is 1. The molecule has 4 bridgehead atoms. The van der Waals surface area contributed by atoms with Crippen molar-refractivity contribution >= 4 is 5.97 Å². The summed E-state index contributed by atoms with van der Waals surface area (Å²) < 4.78 is 158. The molecule has 4 rings (SSSR count). The van der Waals surface area contributed by atoms with Gasteiger partial charge in [0.1, 0.15) is 5.60 Å². The molecular formula is C27H34F12O5. The SMILES string of the molecule is C=C(C)C(=O)OC1(C)CC2CC1CC2CC(O)(C(F)(F)F)C(F)(F)F.OC1CC2CC1CC2CC(O)(C(F)(F)F)C(F)(F)F. The normalized spacial score (nSPS) is 34.2. The van der Waals surface area contributed by atoms with Gasteiger partial charge in [-0.3, -0.25) is 0 Å². The summed E-state index contributed by atoms with van der Waals surface area (Å²) in [7, 11) is 0. The summed E-state index contributed by atoms with van der Waals surface area (Å²) in [6, 6.07) is 0. The Morgan fingerprint density at radius 3 is 1.45 bits per heavy atom. The molecule has 4 saturated carbocycles. The number of carbonyl (C=O) groups excluding carboxylic acids is 1. The van der Waals surface area contributed by atoms with Gasteiger partial charge in [-0.15, -0.1) is 0 Å². The predicted molar refractivity (Wildman–Crippen MR) is 127 cm³/mol. The molecule has 8 unspecified atom stereocenters. The van der Waals surface area contributed by atoms with Gasteiger partial charge in [0.15, 0.2) is 0 Å². The highest BCUT2D eigenvalue weighted by Gasteiger charge is 2.73. The highest BCUT2D eigenvalue weighted by atomic mass is 19.4. The van der Waals surface area contributed by atoms with Crippen LogP contribution >= 0.6 is 0 Å². The first-order valence-electron chi connectivity index (χ1n) is 13.8. The van der Waals surface area contributed by atoms with Crippen molar-refractivity contribution in [2.45, 2.75) is 113 Å². The third kappa shape index (κ3) is 6.69. The summed E-state index contributed by atoms with van der Waals surface area (Å²) in [5, 5.41) is 27.9. The van der Waals surface area contributed by atoms with Gasteiger partial charge >= 0.3 is 30.7 Å². The fraction of sp³-hybridized carbons (Fsp3) is 0.889. The predicted octanol–water partition coefficient (Wildman–Crippen LogP) is 6.80. The molecule has 17 heteroatoms. The molecule has 0 aliphatic heterocycles. The van der Waals surface area contributed by atoms with E-state index in [9.17, 15) is 67.7 Å². The second kappa shape index (κ2) is 11.5. The topological polar surface area (TPSA) is 87.0 Å². The van der Waals surface area contributed by atoms with E-state index in [-0.39, 0.29) is 49.0 Å². The summed E-state index contributed by atoms with van der Waals surface area (Å²) in [5.74, 6) is -3.82.